The number of hydrogen-bond acceptors (Lipinski definition) is 5. The highest BCUT2D eigenvalue weighted by atomic mass is 35.5. The number of thiazole rings is 1. The second-order valence-corrected chi connectivity index (χ2v) is 8.98. The zero-order valence-electron chi connectivity index (χ0n) is 14.9. The Hall–Kier alpha value is -1.28. The van der Waals surface area contributed by atoms with Crippen LogP contribution in [-0.4, -0.2) is 37.3 Å². The van der Waals surface area contributed by atoms with Gasteiger partial charge in [-0.1, -0.05) is 11.6 Å². The van der Waals surface area contributed by atoms with E-state index in [0.29, 0.717) is 12.0 Å². The van der Waals surface area contributed by atoms with Crippen LogP contribution in [0.1, 0.15) is 43.7 Å². The smallest absolute Gasteiger partial charge is 0.199 e. The molecule has 0 N–H and O–H groups in total. The summed E-state index contributed by atoms with van der Waals surface area (Å²) in [7, 11) is 0. The second-order valence-electron chi connectivity index (χ2n) is 7.11. The molecular weight excluding hydrogens is 386 g/mol. The van der Waals surface area contributed by atoms with Gasteiger partial charge in [-0.15, -0.1) is 11.3 Å². The number of aromatic nitrogens is 4. The van der Waals surface area contributed by atoms with E-state index in [0.717, 1.165) is 47.9 Å². The lowest BCUT2D eigenvalue weighted by Crippen LogP contribution is -2.34. The third-order valence-corrected chi connectivity index (χ3v) is 6.81. The minimum absolute atomic E-state index is 0.342. The van der Waals surface area contributed by atoms with Gasteiger partial charge in [0.15, 0.2) is 4.77 Å². The Kier molecular flexibility index (Phi) is 5.14. The number of likely N-dealkylation sites (tertiary alicyclic amines) is 1. The number of fused-ring (bicyclic) bond motifs is 1. The molecule has 5 nitrogen and oxygen atoms in total. The Morgan fingerprint density at radius 1 is 1.31 bits per heavy atom. The highest BCUT2D eigenvalue weighted by Crippen LogP contribution is 2.34. The van der Waals surface area contributed by atoms with Gasteiger partial charge < -0.3 is 4.57 Å². The molecule has 8 heteroatoms. The van der Waals surface area contributed by atoms with E-state index in [1.54, 1.807) is 11.3 Å². The summed E-state index contributed by atoms with van der Waals surface area (Å²) in [6.07, 6.45) is 4.07. The van der Waals surface area contributed by atoms with Gasteiger partial charge in [0.2, 0.25) is 0 Å². The highest BCUT2D eigenvalue weighted by Gasteiger charge is 2.24. The molecule has 0 saturated carbocycles. The van der Waals surface area contributed by atoms with E-state index >= 15 is 0 Å². The Morgan fingerprint density at radius 2 is 2.08 bits per heavy atom. The molecule has 1 aromatic carbocycles. The maximum absolute atomic E-state index is 6.08. The van der Waals surface area contributed by atoms with Crippen LogP contribution in [0.2, 0.25) is 5.02 Å². The van der Waals surface area contributed by atoms with Crippen molar-refractivity contribution in [2.45, 2.75) is 45.3 Å². The number of hydrogen-bond donors (Lipinski definition) is 0. The monoisotopic (exact) mass is 407 g/mol. The van der Waals surface area contributed by atoms with Crippen LogP contribution in [0.3, 0.4) is 0 Å². The van der Waals surface area contributed by atoms with Crippen LogP contribution >= 0.6 is 35.2 Å². The average Bonchev–Trinajstić information content (AvgIpc) is 3.19. The average molecular weight is 408 g/mol. The van der Waals surface area contributed by atoms with Gasteiger partial charge in [0.1, 0.15) is 6.33 Å². The van der Waals surface area contributed by atoms with Crippen LogP contribution in [0.5, 0.6) is 0 Å². The van der Waals surface area contributed by atoms with Crippen LogP contribution in [-0.2, 0) is 6.67 Å². The molecule has 1 aliphatic heterocycles. The second kappa shape index (κ2) is 7.38. The Labute approximate surface area is 167 Å². The Bertz CT molecular complexity index is 966. The van der Waals surface area contributed by atoms with Crippen molar-refractivity contribution in [1.82, 2.24) is 24.2 Å². The molecule has 3 heterocycles. The van der Waals surface area contributed by atoms with Crippen LogP contribution in [0.25, 0.3) is 10.2 Å². The zero-order chi connectivity index (χ0) is 18.3. The van der Waals surface area contributed by atoms with Crippen molar-refractivity contribution in [1.29, 1.82) is 0 Å². The molecular formula is C18H22ClN5S2. The minimum Gasteiger partial charge on any atom is -0.304 e. The molecule has 0 amide bonds. The van der Waals surface area contributed by atoms with Crippen molar-refractivity contribution in [2.24, 2.45) is 0 Å². The first-order valence-corrected chi connectivity index (χ1v) is 10.5. The summed E-state index contributed by atoms with van der Waals surface area (Å²) in [4.78, 5) is 7.25. The van der Waals surface area contributed by atoms with Gasteiger partial charge in [0.25, 0.3) is 0 Å². The summed E-state index contributed by atoms with van der Waals surface area (Å²) >= 11 is 13.4. The van der Waals surface area contributed by atoms with Crippen LogP contribution in [0.4, 0.5) is 0 Å². The molecule has 1 aliphatic rings. The van der Waals surface area contributed by atoms with E-state index in [2.05, 4.69) is 29.9 Å². The Balaban J connectivity index is 1.41. The Morgan fingerprint density at radius 3 is 2.77 bits per heavy atom. The maximum Gasteiger partial charge on any atom is 0.199 e. The van der Waals surface area contributed by atoms with Crippen molar-refractivity contribution < 1.29 is 0 Å². The van der Waals surface area contributed by atoms with Gasteiger partial charge in [0.05, 0.1) is 21.9 Å². The van der Waals surface area contributed by atoms with Gasteiger partial charge >= 0.3 is 0 Å². The minimum atomic E-state index is 0.342. The largest absolute Gasteiger partial charge is 0.304 e. The predicted octanol–water partition coefficient (Wildman–Crippen LogP) is 5.10. The molecule has 3 aromatic rings. The molecule has 0 bridgehead atoms. The lowest BCUT2D eigenvalue weighted by Gasteiger charge is -2.30. The molecule has 0 aliphatic carbocycles. The van der Waals surface area contributed by atoms with Crippen LogP contribution in [0, 0.1) is 4.77 Å². The van der Waals surface area contributed by atoms with Crippen molar-refractivity contribution in [2.75, 3.05) is 13.1 Å². The van der Waals surface area contributed by atoms with Crippen molar-refractivity contribution >= 4 is 45.4 Å². The lowest BCUT2D eigenvalue weighted by atomic mass is 9.98. The third-order valence-electron chi connectivity index (χ3n) is 4.95. The highest BCUT2D eigenvalue weighted by molar-refractivity contribution is 7.71. The third kappa shape index (κ3) is 3.58. The normalized spacial score (nSPS) is 16.8. The fraction of sp³-hybridized carbons (Fsp3) is 0.500. The summed E-state index contributed by atoms with van der Waals surface area (Å²) in [5.41, 5.74) is 1.02. The summed E-state index contributed by atoms with van der Waals surface area (Å²) in [5, 5.41) is 6.45. The molecule has 0 radical (unpaired) electrons. The van der Waals surface area contributed by atoms with E-state index in [1.165, 1.54) is 9.71 Å². The zero-order valence-corrected chi connectivity index (χ0v) is 17.3. The summed E-state index contributed by atoms with van der Waals surface area (Å²) in [5.74, 6) is 0.531. The van der Waals surface area contributed by atoms with E-state index in [9.17, 15) is 0 Å². The molecule has 1 saturated heterocycles. The SMILES string of the molecule is CC(C)n1cnn(CN2CCC(c3nc4cc(Cl)ccc4s3)CC2)c1=S. The summed E-state index contributed by atoms with van der Waals surface area (Å²) in [6, 6.07) is 6.31. The van der Waals surface area contributed by atoms with Gasteiger partial charge in [-0.05, 0) is 57.1 Å². The van der Waals surface area contributed by atoms with E-state index in [1.807, 2.05) is 27.7 Å². The van der Waals surface area contributed by atoms with E-state index in [4.69, 9.17) is 28.8 Å². The van der Waals surface area contributed by atoms with Crippen LogP contribution < -0.4 is 0 Å². The number of benzene rings is 1. The number of halogens is 1. The molecule has 0 atom stereocenters. The topological polar surface area (TPSA) is 38.9 Å². The molecule has 0 spiro atoms. The van der Waals surface area contributed by atoms with Crippen molar-refractivity contribution in [3.63, 3.8) is 0 Å². The fourth-order valence-electron chi connectivity index (χ4n) is 3.41. The molecule has 26 heavy (non-hydrogen) atoms. The van der Waals surface area contributed by atoms with E-state index in [-0.39, 0.29) is 0 Å². The molecule has 2 aromatic heterocycles. The van der Waals surface area contributed by atoms with Gasteiger partial charge in [-0.2, -0.15) is 5.10 Å². The molecule has 138 valence electrons. The quantitative estimate of drug-likeness (QED) is 0.564. The number of nitrogens with zero attached hydrogens (tertiary/aromatic N) is 5. The standard InChI is InChI=1S/C18H22ClN5S2/c1-12(2)23-10-20-24(18(23)25)11-22-7-5-13(6-8-22)17-21-15-9-14(19)3-4-16(15)26-17/h3-4,9-10,12-13H,5-8,11H2,1-2H3. The maximum atomic E-state index is 6.08. The number of rotatable bonds is 4. The summed E-state index contributed by atoms with van der Waals surface area (Å²) < 4.78 is 5.98. The summed E-state index contributed by atoms with van der Waals surface area (Å²) in [6.45, 7) is 7.09. The molecule has 0 unspecified atom stereocenters. The van der Waals surface area contributed by atoms with E-state index < -0.39 is 0 Å². The molecule has 1 fully saturated rings. The first kappa shape index (κ1) is 18.1. The van der Waals surface area contributed by atoms with Crippen LogP contribution in [0.15, 0.2) is 24.5 Å². The van der Waals surface area contributed by atoms with Gasteiger partial charge in [0, 0.05) is 30.1 Å². The first-order valence-electron chi connectivity index (χ1n) is 8.93. The fourth-order valence-corrected chi connectivity index (χ4v) is 5.05. The first-order chi connectivity index (χ1) is 12.5. The van der Waals surface area contributed by atoms with Gasteiger partial charge in [-0.25, -0.2) is 9.67 Å². The molecule has 4 rings (SSSR count). The predicted molar refractivity (Wildman–Crippen MR) is 110 cm³/mol. The van der Waals surface area contributed by atoms with Gasteiger partial charge in [-0.3, -0.25) is 4.90 Å². The lowest BCUT2D eigenvalue weighted by molar-refractivity contribution is 0.160. The van der Waals surface area contributed by atoms with Crippen molar-refractivity contribution in [3.05, 3.63) is 39.3 Å². The van der Waals surface area contributed by atoms with Crippen molar-refractivity contribution in [3.8, 4) is 0 Å². The number of piperidine rings is 1.